The van der Waals surface area contributed by atoms with Gasteiger partial charge in [-0.25, -0.2) is 4.39 Å². The second kappa shape index (κ2) is 8.31. The zero-order chi connectivity index (χ0) is 21.3. The largest absolute Gasteiger partial charge is 0.497 e. The number of benzene rings is 2. The van der Waals surface area contributed by atoms with E-state index in [2.05, 4.69) is 10.1 Å². The molecule has 1 unspecified atom stereocenters. The van der Waals surface area contributed by atoms with E-state index in [4.69, 9.17) is 25.6 Å². The monoisotopic (exact) mass is 431 g/mol. The fraction of sp³-hybridized carbons (Fsp3) is 0.286. The first-order valence-corrected chi connectivity index (χ1v) is 9.63. The second-order valence-electron chi connectivity index (χ2n) is 6.97. The van der Waals surface area contributed by atoms with Crippen molar-refractivity contribution >= 4 is 17.5 Å². The van der Waals surface area contributed by atoms with Crippen LogP contribution in [0.4, 0.5) is 4.39 Å². The number of hydrogen-bond donors (Lipinski definition) is 0. The van der Waals surface area contributed by atoms with Crippen LogP contribution in [0.2, 0.25) is 5.02 Å². The molecule has 1 aromatic heterocycles. The van der Waals surface area contributed by atoms with Crippen molar-refractivity contribution in [2.24, 2.45) is 0 Å². The van der Waals surface area contributed by atoms with Crippen molar-refractivity contribution in [2.45, 2.75) is 18.9 Å². The zero-order valence-electron chi connectivity index (χ0n) is 16.4. The van der Waals surface area contributed by atoms with Crippen LogP contribution < -0.4 is 9.47 Å². The minimum Gasteiger partial charge on any atom is -0.497 e. The van der Waals surface area contributed by atoms with E-state index in [-0.39, 0.29) is 18.2 Å². The van der Waals surface area contributed by atoms with Crippen LogP contribution in [-0.2, 0) is 11.3 Å². The lowest BCUT2D eigenvalue weighted by Gasteiger charge is -2.17. The average Bonchev–Trinajstić information content (AvgIpc) is 3.37. The summed E-state index contributed by atoms with van der Waals surface area (Å²) < 4.78 is 29.2. The minimum absolute atomic E-state index is 0.0465. The Morgan fingerprint density at radius 1 is 1.20 bits per heavy atom. The Morgan fingerprint density at radius 2 is 1.93 bits per heavy atom. The van der Waals surface area contributed by atoms with Gasteiger partial charge in [-0.05, 0) is 29.8 Å². The molecule has 2 heterocycles. The first-order chi connectivity index (χ1) is 14.5. The predicted octanol–water partition coefficient (Wildman–Crippen LogP) is 4.06. The third-order valence-corrected chi connectivity index (χ3v) is 5.35. The van der Waals surface area contributed by atoms with Gasteiger partial charge in [0.15, 0.2) is 5.82 Å². The van der Waals surface area contributed by atoms with Gasteiger partial charge in [0.1, 0.15) is 17.3 Å². The first-order valence-electron chi connectivity index (χ1n) is 9.25. The van der Waals surface area contributed by atoms with Crippen LogP contribution in [0.25, 0.3) is 11.5 Å². The Balaban J connectivity index is 1.51. The highest BCUT2D eigenvalue weighted by Crippen LogP contribution is 2.32. The summed E-state index contributed by atoms with van der Waals surface area (Å²) in [6.45, 7) is 0.721. The second-order valence-corrected chi connectivity index (χ2v) is 7.38. The van der Waals surface area contributed by atoms with E-state index in [0.717, 1.165) is 0 Å². The number of ether oxygens (including phenoxy) is 2. The summed E-state index contributed by atoms with van der Waals surface area (Å²) in [5.74, 6) is 1.30. The van der Waals surface area contributed by atoms with E-state index in [1.807, 2.05) is 0 Å². The van der Waals surface area contributed by atoms with Crippen LogP contribution in [-0.4, -0.2) is 41.7 Å². The number of nitrogens with zero attached hydrogens (tertiary/aromatic N) is 3. The molecule has 3 aromatic rings. The van der Waals surface area contributed by atoms with Crippen LogP contribution in [0, 0.1) is 5.82 Å². The van der Waals surface area contributed by atoms with Crippen molar-refractivity contribution < 1.29 is 23.2 Å². The van der Waals surface area contributed by atoms with Gasteiger partial charge in [-0.3, -0.25) is 4.79 Å². The van der Waals surface area contributed by atoms with E-state index in [1.165, 1.54) is 12.1 Å². The Hall–Kier alpha value is -3.13. The molecule has 7 nitrogen and oxygen atoms in total. The molecule has 0 N–H and O–H groups in total. The number of rotatable bonds is 6. The number of halogens is 2. The lowest BCUT2D eigenvalue weighted by atomic mass is 10.1. The normalized spacial score (nSPS) is 16.2. The summed E-state index contributed by atoms with van der Waals surface area (Å²) in [4.78, 5) is 18.6. The number of aromatic nitrogens is 2. The molecule has 0 saturated carbocycles. The molecule has 1 saturated heterocycles. The fourth-order valence-electron chi connectivity index (χ4n) is 3.40. The van der Waals surface area contributed by atoms with Gasteiger partial charge >= 0.3 is 0 Å². The number of amides is 1. The highest BCUT2D eigenvalue weighted by atomic mass is 35.5. The molecule has 1 atom stereocenters. The van der Waals surface area contributed by atoms with E-state index < -0.39 is 5.82 Å². The molecule has 1 aliphatic heterocycles. The molecule has 156 valence electrons. The van der Waals surface area contributed by atoms with E-state index in [9.17, 15) is 9.18 Å². The van der Waals surface area contributed by atoms with Crippen LogP contribution in [0.3, 0.4) is 0 Å². The van der Waals surface area contributed by atoms with Crippen molar-refractivity contribution in [3.63, 3.8) is 0 Å². The topological polar surface area (TPSA) is 77.7 Å². The van der Waals surface area contributed by atoms with Gasteiger partial charge in [-0.2, -0.15) is 4.98 Å². The fourth-order valence-corrected chi connectivity index (χ4v) is 3.63. The average molecular weight is 432 g/mol. The Kier molecular flexibility index (Phi) is 5.59. The van der Waals surface area contributed by atoms with Crippen molar-refractivity contribution in [2.75, 3.05) is 20.8 Å². The molecule has 1 amide bonds. The molecule has 0 spiro atoms. The number of methoxy groups -OCH3 is 2. The number of hydrogen-bond acceptors (Lipinski definition) is 6. The smallest absolute Gasteiger partial charge is 0.258 e. The third kappa shape index (κ3) is 4.09. The van der Waals surface area contributed by atoms with Gasteiger partial charge in [-0.1, -0.05) is 22.8 Å². The maximum absolute atomic E-state index is 13.3. The summed E-state index contributed by atoms with van der Waals surface area (Å²) in [6, 6.07) is 9.43. The van der Waals surface area contributed by atoms with Crippen LogP contribution >= 0.6 is 11.6 Å². The molecule has 0 radical (unpaired) electrons. The van der Waals surface area contributed by atoms with Crippen molar-refractivity contribution in [1.29, 1.82) is 0 Å². The van der Waals surface area contributed by atoms with Crippen LogP contribution in [0.1, 0.15) is 23.7 Å². The Labute approximate surface area is 177 Å². The zero-order valence-corrected chi connectivity index (χ0v) is 17.1. The molecule has 2 aromatic carbocycles. The van der Waals surface area contributed by atoms with Gasteiger partial charge in [0.05, 0.1) is 14.2 Å². The molecule has 1 fully saturated rings. The molecule has 0 bridgehead atoms. The summed E-state index contributed by atoms with van der Waals surface area (Å²) in [5, 5.41) is 4.36. The molecule has 30 heavy (non-hydrogen) atoms. The lowest BCUT2D eigenvalue weighted by Crippen LogP contribution is -2.24. The molecule has 0 aliphatic carbocycles. The van der Waals surface area contributed by atoms with Gasteiger partial charge in [0, 0.05) is 42.1 Å². The maximum Gasteiger partial charge on any atom is 0.258 e. The molecule has 9 heteroatoms. The predicted molar refractivity (Wildman–Crippen MR) is 107 cm³/mol. The third-order valence-electron chi connectivity index (χ3n) is 5.00. The van der Waals surface area contributed by atoms with Crippen molar-refractivity contribution in [1.82, 2.24) is 15.0 Å². The quantitative estimate of drug-likeness (QED) is 0.585. The highest BCUT2D eigenvalue weighted by Gasteiger charge is 2.34. The number of carbonyl (C=O) groups excluding carboxylic acids is 1. The highest BCUT2D eigenvalue weighted by molar-refractivity contribution is 6.31. The maximum atomic E-state index is 13.3. The molecular weight excluding hydrogens is 413 g/mol. The van der Waals surface area contributed by atoms with Gasteiger partial charge < -0.3 is 18.9 Å². The van der Waals surface area contributed by atoms with Crippen molar-refractivity contribution in [3.05, 3.63) is 58.6 Å². The Bertz CT molecular complexity index is 1070. The molecule has 1 aliphatic rings. The SMILES string of the molecule is COc1cc(OC)cc(-c2nc(C3CC(=O)N(Cc4ccc(F)cc4Cl)C3)no2)c1. The first kappa shape index (κ1) is 20.2. The van der Waals surface area contributed by atoms with E-state index in [1.54, 1.807) is 43.4 Å². The standard InChI is InChI=1S/C21H19ClFN3O4/c1-28-16-5-13(6-17(9-16)29-2)21-24-20(25-30-21)14-7-19(27)26(11-14)10-12-3-4-15(23)8-18(12)22/h3-6,8-9,14H,7,10-11H2,1-2H3. The van der Waals surface area contributed by atoms with Gasteiger partial charge in [0.2, 0.25) is 5.91 Å². The summed E-state index contributed by atoms with van der Waals surface area (Å²) in [7, 11) is 3.12. The summed E-state index contributed by atoms with van der Waals surface area (Å²) >= 11 is 6.09. The van der Waals surface area contributed by atoms with Gasteiger partial charge in [-0.15, -0.1) is 0 Å². The van der Waals surface area contributed by atoms with Crippen molar-refractivity contribution in [3.8, 4) is 23.0 Å². The number of carbonyl (C=O) groups is 1. The summed E-state index contributed by atoms with van der Waals surface area (Å²) in [5.41, 5.74) is 1.34. The van der Waals surface area contributed by atoms with E-state index >= 15 is 0 Å². The number of likely N-dealkylation sites (tertiary alicyclic amines) is 1. The van der Waals surface area contributed by atoms with Crippen LogP contribution in [0.15, 0.2) is 40.9 Å². The summed E-state index contributed by atoms with van der Waals surface area (Å²) in [6.07, 6.45) is 0.263. The van der Waals surface area contributed by atoms with Crippen LogP contribution in [0.5, 0.6) is 11.5 Å². The van der Waals surface area contributed by atoms with E-state index in [0.29, 0.717) is 52.5 Å². The molecular formula is C21H19ClFN3O4. The molecule has 4 rings (SSSR count). The lowest BCUT2D eigenvalue weighted by molar-refractivity contribution is -0.128. The minimum atomic E-state index is -0.414. The van der Waals surface area contributed by atoms with Gasteiger partial charge in [0.25, 0.3) is 5.89 Å². The Morgan fingerprint density at radius 3 is 2.60 bits per heavy atom.